The summed E-state index contributed by atoms with van der Waals surface area (Å²) in [5.41, 5.74) is 3.01. The second kappa shape index (κ2) is 4.41. The highest BCUT2D eigenvalue weighted by Gasteiger charge is 2.02. The molecular formula is C12H11ClN2. The molecule has 1 heterocycles. The van der Waals surface area contributed by atoms with E-state index < -0.39 is 0 Å². The minimum atomic E-state index is 0.792. The lowest BCUT2D eigenvalue weighted by Gasteiger charge is -2.04. The molecule has 2 aromatic rings. The minimum absolute atomic E-state index is 0.792. The molecule has 0 aliphatic rings. The van der Waals surface area contributed by atoms with E-state index in [2.05, 4.69) is 17.1 Å². The molecule has 1 aromatic heterocycles. The highest BCUT2D eigenvalue weighted by Crippen LogP contribution is 2.24. The fourth-order valence-corrected chi connectivity index (χ4v) is 1.76. The first-order valence-electron chi connectivity index (χ1n) is 4.87. The van der Waals surface area contributed by atoms with E-state index in [0.29, 0.717) is 0 Å². The molecule has 0 saturated heterocycles. The lowest BCUT2D eigenvalue weighted by Crippen LogP contribution is -1.88. The van der Waals surface area contributed by atoms with Crippen LogP contribution in [0.25, 0.3) is 11.3 Å². The van der Waals surface area contributed by atoms with E-state index >= 15 is 0 Å². The smallest absolute Gasteiger partial charge is 0.0930 e. The highest BCUT2D eigenvalue weighted by molar-refractivity contribution is 6.31. The highest BCUT2D eigenvalue weighted by atomic mass is 35.5. The molecule has 2 nitrogen and oxygen atoms in total. The minimum Gasteiger partial charge on any atom is -0.159 e. The fraction of sp³-hybridized carbons (Fsp3) is 0.167. The summed E-state index contributed by atoms with van der Waals surface area (Å²) in [7, 11) is 0. The average molecular weight is 219 g/mol. The van der Waals surface area contributed by atoms with E-state index in [0.717, 1.165) is 28.3 Å². The first-order valence-corrected chi connectivity index (χ1v) is 5.25. The molecule has 0 spiro atoms. The number of aromatic nitrogens is 2. The van der Waals surface area contributed by atoms with Gasteiger partial charge in [-0.3, -0.25) is 0 Å². The van der Waals surface area contributed by atoms with Crippen molar-refractivity contribution in [1.29, 1.82) is 0 Å². The Morgan fingerprint density at radius 2 is 2.13 bits per heavy atom. The van der Waals surface area contributed by atoms with Gasteiger partial charge in [-0.05, 0) is 30.2 Å². The molecule has 0 amide bonds. The van der Waals surface area contributed by atoms with Crippen LogP contribution in [0.1, 0.15) is 12.5 Å². The second-order valence-electron chi connectivity index (χ2n) is 3.27. The Morgan fingerprint density at radius 1 is 1.27 bits per heavy atom. The summed E-state index contributed by atoms with van der Waals surface area (Å²) in [5.74, 6) is 0. The molecule has 0 fully saturated rings. The Morgan fingerprint density at radius 3 is 2.73 bits per heavy atom. The van der Waals surface area contributed by atoms with Gasteiger partial charge in [0.1, 0.15) is 0 Å². The summed E-state index contributed by atoms with van der Waals surface area (Å²) >= 11 is 6.13. The molecule has 0 N–H and O–H groups in total. The number of rotatable bonds is 2. The zero-order chi connectivity index (χ0) is 10.7. The van der Waals surface area contributed by atoms with E-state index in [9.17, 15) is 0 Å². The molecule has 0 bridgehead atoms. The molecule has 0 radical (unpaired) electrons. The third-order valence-electron chi connectivity index (χ3n) is 2.30. The Bertz CT molecular complexity index is 454. The van der Waals surface area contributed by atoms with E-state index in [4.69, 9.17) is 11.6 Å². The normalized spacial score (nSPS) is 10.3. The van der Waals surface area contributed by atoms with Gasteiger partial charge in [0.25, 0.3) is 0 Å². The van der Waals surface area contributed by atoms with Crippen LogP contribution in [-0.4, -0.2) is 10.2 Å². The van der Waals surface area contributed by atoms with Gasteiger partial charge < -0.3 is 0 Å². The third kappa shape index (κ3) is 2.16. The van der Waals surface area contributed by atoms with Gasteiger partial charge in [0.15, 0.2) is 0 Å². The summed E-state index contributed by atoms with van der Waals surface area (Å²) in [6.45, 7) is 2.09. The average Bonchev–Trinajstić information content (AvgIpc) is 2.30. The Labute approximate surface area is 93.9 Å². The maximum Gasteiger partial charge on any atom is 0.0930 e. The van der Waals surface area contributed by atoms with Crippen LogP contribution in [0, 0.1) is 0 Å². The van der Waals surface area contributed by atoms with Crippen molar-refractivity contribution in [1.82, 2.24) is 10.2 Å². The van der Waals surface area contributed by atoms with Crippen LogP contribution in [0.3, 0.4) is 0 Å². The monoisotopic (exact) mass is 218 g/mol. The predicted octanol–water partition coefficient (Wildman–Crippen LogP) is 3.36. The van der Waals surface area contributed by atoms with E-state index in [-0.39, 0.29) is 0 Å². The molecule has 15 heavy (non-hydrogen) atoms. The fourth-order valence-electron chi connectivity index (χ4n) is 1.45. The Balaban J connectivity index is 2.43. The molecular weight excluding hydrogens is 208 g/mol. The lowest BCUT2D eigenvalue weighted by molar-refractivity contribution is 1.04. The molecule has 0 unspecified atom stereocenters. The molecule has 0 saturated carbocycles. The maximum atomic E-state index is 6.13. The van der Waals surface area contributed by atoms with Gasteiger partial charge in [-0.15, -0.1) is 0 Å². The SMILES string of the molecule is CCc1ccc(-c2cccnn2)cc1Cl. The summed E-state index contributed by atoms with van der Waals surface area (Å²) in [6, 6.07) is 9.78. The van der Waals surface area contributed by atoms with Crippen molar-refractivity contribution in [2.75, 3.05) is 0 Å². The van der Waals surface area contributed by atoms with Crippen LogP contribution in [0.4, 0.5) is 0 Å². The van der Waals surface area contributed by atoms with E-state index in [1.807, 2.05) is 30.3 Å². The van der Waals surface area contributed by atoms with Crippen molar-refractivity contribution in [2.24, 2.45) is 0 Å². The molecule has 0 aliphatic heterocycles. The largest absolute Gasteiger partial charge is 0.159 e. The zero-order valence-electron chi connectivity index (χ0n) is 8.44. The van der Waals surface area contributed by atoms with Gasteiger partial charge >= 0.3 is 0 Å². The number of aryl methyl sites for hydroxylation is 1. The molecule has 0 atom stereocenters. The van der Waals surface area contributed by atoms with Crippen molar-refractivity contribution in [3.63, 3.8) is 0 Å². The number of benzene rings is 1. The maximum absolute atomic E-state index is 6.13. The lowest BCUT2D eigenvalue weighted by atomic mass is 10.1. The molecule has 1 aromatic carbocycles. The van der Waals surface area contributed by atoms with Crippen molar-refractivity contribution in [3.8, 4) is 11.3 Å². The third-order valence-corrected chi connectivity index (χ3v) is 2.65. The first-order chi connectivity index (χ1) is 7.31. The van der Waals surface area contributed by atoms with Gasteiger partial charge in [-0.2, -0.15) is 10.2 Å². The topological polar surface area (TPSA) is 25.8 Å². The van der Waals surface area contributed by atoms with Gasteiger partial charge in [-0.1, -0.05) is 30.7 Å². The van der Waals surface area contributed by atoms with Gasteiger partial charge in [0.05, 0.1) is 5.69 Å². The van der Waals surface area contributed by atoms with E-state index in [1.165, 1.54) is 0 Å². The summed E-state index contributed by atoms with van der Waals surface area (Å²) in [6.07, 6.45) is 2.60. The molecule has 2 rings (SSSR count). The van der Waals surface area contributed by atoms with Crippen molar-refractivity contribution >= 4 is 11.6 Å². The predicted molar refractivity (Wildman–Crippen MR) is 61.9 cm³/mol. The standard InChI is InChI=1S/C12H11ClN2/c1-2-9-5-6-10(8-11(9)13)12-4-3-7-14-15-12/h3-8H,2H2,1H3. The van der Waals surface area contributed by atoms with Crippen LogP contribution in [0.2, 0.25) is 5.02 Å². The molecule has 0 aliphatic carbocycles. The molecule has 76 valence electrons. The van der Waals surface area contributed by atoms with Crippen molar-refractivity contribution < 1.29 is 0 Å². The van der Waals surface area contributed by atoms with Crippen LogP contribution in [-0.2, 0) is 6.42 Å². The zero-order valence-corrected chi connectivity index (χ0v) is 9.20. The second-order valence-corrected chi connectivity index (χ2v) is 3.68. The number of halogens is 1. The van der Waals surface area contributed by atoms with Crippen LogP contribution in [0.15, 0.2) is 36.5 Å². The molecule has 3 heteroatoms. The quantitative estimate of drug-likeness (QED) is 0.773. The van der Waals surface area contributed by atoms with Crippen LogP contribution in [0.5, 0.6) is 0 Å². The number of hydrogen-bond donors (Lipinski definition) is 0. The van der Waals surface area contributed by atoms with Gasteiger partial charge in [0, 0.05) is 16.8 Å². The van der Waals surface area contributed by atoms with Gasteiger partial charge in [-0.25, -0.2) is 0 Å². The van der Waals surface area contributed by atoms with Crippen LogP contribution >= 0.6 is 11.6 Å². The Kier molecular flexibility index (Phi) is 2.97. The summed E-state index contributed by atoms with van der Waals surface area (Å²) in [4.78, 5) is 0. The number of hydrogen-bond acceptors (Lipinski definition) is 2. The summed E-state index contributed by atoms with van der Waals surface area (Å²) < 4.78 is 0. The van der Waals surface area contributed by atoms with Crippen LogP contribution < -0.4 is 0 Å². The number of nitrogens with zero attached hydrogens (tertiary/aromatic N) is 2. The van der Waals surface area contributed by atoms with Crippen molar-refractivity contribution in [3.05, 3.63) is 47.1 Å². The Hall–Kier alpha value is -1.41. The van der Waals surface area contributed by atoms with E-state index in [1.54, 1.807) is 6.20 Å². The summed E-state index contributed by atoms with van der Waals surface area (Å²) in [5, 5.41) is 8.67. The van der Waals surface area contributed by atoms with Crippen molar-refractivity contribution in [2.45, 2.75) is 13.3 Å². The van der Waals surface area contributed by atoms with Gasteiger partial charge in [0.2, 0.25) is 0 Å². The first kappa shape index (κ1) is 10.1.